The molecule has 1 aliphatic carbocycles. The predicted octanol–water partition coefficient (Wildman–Crippen LogP) is 2.53. The van der Waals surface area contributed by atoms with Gasteiger partial charge in [0.2, 0.25) is 0 Å². The maximum absolute atomic E-state index is 11.1. The minimum atomic E-state index is -0.740. The second-order valence-electron chi connectivity index (χ2n) is 5.20. The first-order valence-corrected chi connectivity index (χ1v) is 7.35. The summed E-state index contributed by atoms with van der Waals surface area (Å²) in [6, 6.07) is 8.03. The highest BCUT2D eigenvalue weighted by Gasteiger charge is 2.46. The third-order valence-electron chi connectivity index (χ3n) is 4.06. The molecule has 1 spiro atoms. The fourth-order valence-electron chi connectivity index (χ4n) is 3.03. The minimum Gasteiger partial charge on any atom is -0.480 e. The highest BCUT2D eigenvalue weighted by atomic mass is 32.2. The first kappa shape index (κ1) is 12.1. The van der Waals surface area contributed by atoms with Gasteiger partial charge in [-0.1, -0.05) is 31.2 Å². The van der Waals surface area contributed by atoms with E-state index in [4.69, 9.17) is 5.11 Å². The van der Waals surface area contributed by atoms with E-state index in [1.165, 1.54) is 11.1 Å². The Morgan fingerprint density at radius 1 is 1.50 bits per heavy atom. The highest BCUT2D eigenvalue weighted by Crippen LogP contribution is 2.50. The van der Waals surface area contributed by atoms with Gasteiger partial charge in [0.1, 0.15) is 6.04 Å². The number of thioether (sulfide) groups is 1. The molecule has 18 heavy (non-hydrogen) atoms. The number of aliphatic carboxylic acids is 1. The lowest BCUT2D eigenvalue weighted by Crippen LogP contribution is -2.45. The molecule has 1 fully saturated rings. The zero-order chi connectivity index (χ0) is 12.8. The van der Waals surface area contributed by atoms with Crippen molar-refractivity contribution in [2.24, 2.45) is 0 Å². The van der Waals surface area contributed by atoms with Crippen LogP contribution in [-0.4, -0.2) is 22.9 Å². The summed E-state index contributed by atoms with van der Waals surface area (Å²) < 4.78 is 0. The maximum atomic E-state index is 11.1. The van der Waals surface area contributed by atoms with Crippen molar-refractivity contribution in [2.45, 2.75) is 36.6 Å². The van der Waals surface area contributed by atoms with Crippen molar-refractivity contribution < 1.29 is 9.90 Å². The lowest BCUT2D eigenvalue weighted by atomic mass is 9.80. The molecule has 1 aromatic rings. The standard InChI is InChI=1S/C14H17NO2S/c1-9-6-7-14(11-5-3-2-4-10(9)11)15-12(8-18-14)13(16)17/h2-5,9,12,15H,6-8H2,1H3,(H,16,17)/t9?,12-,14?/m0/s1. The number of rotatable bonds is 1. The van der Waals surface area contributed by atoms with Crippen LogP contribution in [-0.2, 0) is 9.67 Å². The van der Waals surface area contributed by atoms with Gasteiger partial charge in [-0.25, -0.2) is 0 Å². The van der Waals surface area contributed by atoms with Gasteiger partial charge in [0.25, 0.3) is 0 Å². The number of carboxylic acids is 1. The van der Waals surface area contributed by atoms with Crippen LogP contribution in [0.25, 0.3) is 0 Å². The Morgan fingerprint density at radius 3 is 3.00 bits per heavy atom. The van der Waals surface area contributed by atoms with Crippen LogP contribution in [0.2, 0.25) is 0 Å². The van der Waals surface area contributed by atoms with Crippen molar-refractivity contribution in [3.8, 4) is 0 Å². The van der Waals surface area contributed by atoms with Crippen molar-refractivity contribution in [1.29, 1.82) is 0 Å². The molecule has 1 saturated heterocycles. The molecule has 4 heteroatoms. The van der Waals surface area contributed by atoms with Crippen LogP contribution in [0, 0.1) is 0 Å². The fraction of sp³-hybridized carbons (Fsp3) is 0.500. The Hall–Kier alpha value is -1.00. The van der Waals surface area contributed by atoms with Gasteiger partial charge in [-0.2, -0.15) is 0 Å². The van der Waals surface area contributed by atoms with Gasteiger partial charge in [0.05, 0.1) is 4.87 Å². The van der Waals surface area contributed by atoms with E-state index in [1.807, 2.05) is 0 Å². The Balaban J connectivity index is 2.00. The molecule has 0 saturated carbocycles. The van der Waals surface area contributed by atoms with Crippen LogP contribution in [0.3, 0.4) is 0 Å². The summed E-state index contributed by atoms with van der Waals surface area (Å²) in [6.07, 6.45) is 2.13. The van der Waals surface area contributed by atoms with Gasteiger partial charge in [-0.05, 0) is 29.9 Å². The number of benzene rings is 1. The molecule has 3 atom stereocenters. The van der Waals surface area contributed by atoms with Crippen molar-refractivity contribution in [3.05, 3.63) is 35.4 Å². The summed E-state index contributed by atoms with van der Waals surface area (Å²) in [6.45, 7) is 2.25. The lowest BCUT2D eigenvalue weighted by Gasteiger charge is -2.38. The average molecular weight is 263 g/mol. The van der Waals surface area contributed by atoms with E-state index in [0.29, 0.717) is 11.7 Å². The van der Waals surface area contributed by atoms with Crippen LogP contribution in [0.4, 0.5) is 0 Å². The predicted molar refractivity (Wildman–Crippen MR) is 72.8 cm³/mol. The van der Waals surface area contributed by atoms with Gasteiger partial charge in [0, 0.05) is 5.75 Å². The number of nitrogens with one attached hydrogen (secondary N) is 1. The van der Waals surface area contributed by atoms with E-state index in [1.54, 1.807) is 11.8 Å². The fourth-order valence-corrected chi connectivity index (χ4v) is 4.53. The average Bonchev–Trinajstić information content (AvgIpc) is 2.80. The second-order valence-corrected chi connectivity index (χ2v) is 6.52. The molecule has 1 aromatic carbocycles. The maximum Gasteiger partial charge on any atom is 0.321 e. The molecule has 0 amide bonds. The van der Waals surface area contributed by atoms with Gasteiger partial charge >= 0.3 is 5.97 Å². The quantitative estimate of drug-likeness (QED) is 0.817. The molecule has 0 aromatic heterocycles. The summed E-state index contributed by atoms with van der Waals surface area (Å²) in [4.78, 5) is 11.0. The zero-order valence-corrected chi connectivity index (χ0v) is 11.2. The molecule has 0 bridgehead atoms. The van der Waals surface area contributed by atoms with Crippen LogP contribution in [0.1, 0.15) is 36.8 Å². The Labute approximate surface area is 111 Å². The van der Waals surface area contributed by atoms with E-state index in [2.05, 4.69) is 36.5 Å². The number of fused-ring (bicyclic) bond motifs is 2. The normalized spacial score (nSPS) is 34.5. The Bertz CT molecular complexity index is 490. The van der Waals surface area contributed by atoms with Gasteiger partial charge in [0.15, 0.2) is 0 Å². The summed E-state index contributed by atoms with van der Waals surface area (Å²) in [5.41, 5.74) is 2.66. The lowest BCUT2D eigenvalue weighted by molar-refractivity contribution is -0.138. The van der Waals surface area contributed by atoms with Crippen molar-refractivity contribution in [3.63, 3.8) is 0 Å². The molecule has 1 aliphatic heterocycles. The largest absolute Gasteiger partial charge is 0.480 e. The molecule has 96 valence electrons. The van der Waals surface area contributed by atoms with Crippen LogP contribution < -0.4 is 5.32 Å². The number of hydrogen-bond donors (Lipinski definition) is 2. The monoisotopic (exact) mass is 263 g/mol. The summed E-state index contributed by atoms with van der Waals surface area (Å²) in [7, 11) is 0. The van der Waals surface area contributed by atoms with Crippen LogP contribution in [0.5, 0.6) is 0 Å². The molecule has 2 N–H and O–H groups in total. The van der Waals surface area contributed by atoms with E-state index in [0.717, 1.165) is 12.8 Å². The van der Waals surface area contributed by atoms with Crippen molar-refractivity contribution in [2.75, 3.05) is 5.75 Å². The van der Waals surface area contributed by atoms with Gasteiger partial charge in [-0.15, -0.1) is 11.8 Å². The molecule has 3 nitrogen and oxygen atoms in total. The summed E-state index contributed by atoms with van der Waals surface area (Å²) >= 11 is 1.75. The molecule has 0 radical (unpaired) electrons. The van der Waals surface area contributed by atoms with Gasteiger partial charge in [-0.3, -0.25) is 10.1 Å². The minimum absolute atomic E-state index is 0.174. The molecule has 2 aliphatic rings. The first-order valence-electron chi connectivity index (χ1n) is 6.36. The van der Waals surface area contributed by atoms with E-state index < -0.39 is 12.0 Å². The molecule has 3 rings (SSSR count). The molecular formula is C14H17NO2S. The molecule has 1 heterocycles. The topological polar surface area (TPSA) is 49.3 Å². The third-order valence-corrected chi connectivity index (χ3v) is 5.59. The number of carboxylic acid groups (broad SMARTS) is 1. The van der Waals surface area contributed by atoms with E-state index in [9.17, 15) is 4.79 Å². The SMILES string of the molecule is CC1CCC2(N[C@H](C(=O)O)CS2)c2ccccc21. The summed E-state index contributed by atoms with van der Waals surface area (Å²) in [5, 5.41) is 12.5. The number of carbonyl (C=O) groups is 1. The van der Waals surface area contributed by atoms with E-state index >= 15 is 0 Å². The molecular weight excluding hydrogens is 246 g/mol. The first-order chi connectivity index (χ1) is 8.62. The third kappa shape index (κ3) is 1.75. The highest BCUT2D eigenvalue weighted by molar-refractivity contribution is 8.00. The zero-order valence-electron chi connectivity index (χ0n) is 10.3. The Kier molecular flexibility index (Phi) is 2.87. The smallest absolute Gasteiger partial charge is 0.321 e. The van der Waals surface area contributed by atoms with Crippen molar-refractivity contribution in [1.82, 2.24) is 5.32 Å². The van der Waals surface area contributed by atoms with Gasteiger partial charge < -0.3 is 5.11 Å². The van der Waals surface area contributed by atoms with Crippen LogP contribution in [0.15, 0.2) is 24.3 Å². The second kappa shape index (κ2) is 4.28. The van der Waals surface area contributed by atoms with Crippen molar-refractivity contribution >= 4 is 17.7 Å². The van der Waals surface area contributed by atoms with E-state index in [-0.39, 0.29) is 4.87 Å². The van der Waals surface area contributed by atoms with Crippen LogP contribution >= 0.6 is 11.8 Å². The summed E-state index contributed by atoms with van der Waals surface area (Å²) in [5.74, 6) is 0.478. The molecule has 2 unspecified atom stereocenters. The number of hydrogen-bond acceptors (Lipinski definition) is 3. The Morgan fingerprint density at radius 2 is 2.28 bits per heavy atom.